The molecule has 3 nitrogen and oxygen atoms in total. The van der Waals surface area contributed by atoms with E-state index in [-0.39, 0.29) is 33.6 Å². The number of aromatic hydroxyl groups is 1. The Hall–Kier alpha value is -3.40. The summed E-state index contributed by atoms with van der Waals surface area (Å²) in [4.78, 5) is 11.7. The summed E-state index contributed by atoms with van der Waals surface area (Å²) in [5.41, 5.74) is -0.837. The highest BCUT2D eigenvalue weighted by Gasteiger charge is 2.35. The van der Waals surface area contributed by atoms with E-state index in [1.807, 2.05) is 0 Å². The molecule has 0 saturated heterocycles. The third kappa shape index (κ3) is 3.92. The topological polar surface area (TPSA) is 61.1 Å². The maximum Gasteiger partial charge on any atom is 0.416 e. The van der Waals surface area contributed by atoms with Gasteiger partial charge in [-0.3, -0.25) is 0 Å². The molecule has 2 atom stereocenters. The second-order valence-corrected chi connectivity index (χ2v) is 6.78. The molecule has 0 aromatic heterocycles. The SMILES string of the molecule is CC1C=C(F)C=C(c2c(C#N)cc(C(F)(F)F)cc2-c2ccc(O)cc2)C1C=O. The van der Waals surface area contributed by atoms with Crippen LogP contribution in [0.2, 0.25) is 0 Å². The van der Waals surface area contributed by atoms with Crippen molar-refractivity contribution in [2.24, 2.45) is 11.8 Å². The van der Waals surface area contributed by atoms with Gasteiger partial charge < -0.3 is 9.90 Å². The Labute approximate surface area is 164 Å². The van der Waals surface area contributed by atoms with Crippen LogP contribution in [0.3, 0.4) is 0 Å². The number of carbonyl (C=O) groups excluding carboxylic acids is 1. The van der Waals surface area contributed by atoms with Crippen LogP contribution < -0.4 is 0 Å². The highest BCUT2D eigenvalue weighted by atomic mass is 19.4. The first-order chi connectivity index (χ1) is 13.7. The number of phenols is 1. The summed E-state index contributed by atoms with van der Waals surface area (Å²) < 4.78 is 54.4. The lowest BCUT2D eigenvalue weighted by Crippen LogP contribution is -2.18. The van der Waals surface area contributed by atoms with Crippen molar-refractivity contribution in [1.29, 1.82) is 5.26 Å². The van der Waals surface area contributed by atoms with Crippen LogP contribution in [0.5, 0.6) is 5.75 Å². The molecule has 7 heteroatoms. The molecule has 0 heterocycles. The van der Waals surface area contributed by atoms with Crippen LogP contribution in [0.15, 0.2) is 54.4 Å². The van der Waals surface area contributed by atoms with Gasteiger partial charge in [0.25, 0.3) is 0 Å². The highest BCUT2D eigenvalue weighted by molar-refractivity contribution is 5.92. The molecule has 0 radical (unpaired) electrons. The van der Waals surface area contributed by atoms with E-state index in [1.165, 1.54) is 30.3 Å². The molecule has 29 heavy (non-hydrogen) atoms. The number of alkyl halides is 3. The van der Waals surface area contributed by atoms with E-state index in [0.29, 0.717) is 12.4 Å². The second-order valence-electron chi connectivity index (χ2n) is 6.78. The molecule has 2 aromatic carbocycles. The molecule has 148 valence electrons. The molecule has 0 bridgehead atoms. The fourth-order valence-corrected chi connectivity index (χ4v) is 3.44. The van der Waals surface area contributed by atoms with Crippen molar-refractivity contribution in [2.45, 2.75) is 13.1 Å². The van der Waals surface area contributed by atoms with Gasteiger partial charge >= 0.3 is 6.18 Å². The van der Waals surface area contributed by atoms with E-state index in [2.05, 4.69) is 0 Å². The molecule has 0 saturated carbocycles. The average molecular weight is 401 g/mol. The van der Waals surface area contributed by atoms with Gasteiger partial charge in [-0.15, -0.1) is 0 Å². The largest absolute Gasteiger partial charge is 0.508 e. The quantitative estimate of drug-likeness (QED) is 0.534. The van der Waals surface area contributed by atoms with Gasteiger partial charge in [0.05, 0.1) is 17.2 Å². The number of rotatable bonds is 3. The van der Waals surface area contributed by atoms with Crippen LogP contribution in [0.25, 0.3) is 16.7 Å². The zero-order valence-electron chi connectivity index (χ0n) is 15.2. The molecule has 1 aliphatic carbocycles. The zero-order chi connectivity index (χ0) is 21.3. The van der Waals surface area contributed by atoms with Crippen LogP contribution in [0.1, 0.15) is 23.6 Å². The van der Waals surface area contributed by atoms with Gasteiger partial charge in [0, 0.05) is 11.5 Å². The fraction of sp³-hybridized carbons (Fsp3) is 0.182. The van der Waals surface area contributed by atoms with Gasteiger partial charge in [-0.1, -0.05) is 19.1 Å². The van der Waals surface area contributed by atoms with Gasteiger partial charge in [-0.25, -0.2) is 4.39 Å². The number of carbonyl (C=O) groups is 1. The van der Waals surface area contributed by atoms with E-state index in [9.17, 15) is 32.7 Å². The molecule has 0 fully saturated rings. The van der Waals surface area contributed by atoms with Gasteiger partial charge in [0.15, 0.2) is 0 Å². The smallest absolute Gasteiger partial charge is 0.416 e. The Morgan fingerprint density at radius 3 is 2.38 bits per heavy atom. The normalized spacial score (nSPS) is 19.2. The van der Waals surface area contributed by atoms with Crippen LogP contribution in [-0.2, 0) is 11.0 Å². The average Bonchev–Trinajstić information content (AvgIpc) is 2.66. The van der Waals surface area contributed by atoms with E-state index >= 15 is 0 Å². The molecule has 1 N–H and O–H groups in total. The summed E-state index contributed by atoms with van der Waals surface area (Å²) in [5, 5.41) is 19.1. The summed E-state index contributed by atoms with van der Waals surface area (Å²) >= 11 is 0. The summed E-state index contributed by atoms with van der Waals surface area (Å²) in [7, 11) is 0. The van der Waals surface area contributed by atoms with E-state index < -0.39 is 29.4 Å². The van der Waals surface area contributed by atoms with Crippen LogP contribution >= 0.6 is 0 Å². The maximum atomic E-state index is 14.1. The minimum Gasteiger partial charge on any atom is -0.508 e. The second kappa shape index (κ2) is 7.55. The number of benzene rings is 2. The predicted molar refractivity (Wildman–Crippen MR) is 99.1 cm³/mol. The first-order valence-corrected chi connectivity index (χ1v) is 8.65. The molecule has 2 unspecified atom stereocenters. The van der Waals surface area contributed by atoms with E-state index in [4.69, 9.17) is 0 Å². The number of halogens is 4. The molecular formula is C22H15F4NO2. The van der Waals surface area contributed by atoms with Gasteiger partial charge in [0.1, 0.15) is 17.9 Å². The summed E-state index contributed by atoms with van der Waals surface area (Å²) in [6.07, 6.45) is -1.79. The van der Waals surface area contributed by atoms with Gasteiger partial charge in [-0.2, -0.15) is 18.4 Å². The maximum absolute atomic E-state index is 14.1. The molecule has 2 aromatic rings. The lowest BCUT2D eigenvalue weighted by Gasteiger charge is -2.26. The van der Waals surface area contributed by atoms with Crippen LogP contribution in [0.4, 0.5) is 17.6 Å². The molecule has 0 aliphatic heterocycles. The summed E-state index contributed by atoms with van der Waals surface area (Å²) in [5.74, 6) is -2.08. The Bertz CT molecular complexity index is 1060. The van der Waals surface area contributed by atoms with Crippen molar-refractivity contribution in [1.82, 2.24) is 0 Å². The van der Waals surface area contributed by atoms with Crippen LogP contribution in [0, 0.1) is 23.2 Å². The third-order valence-corrected chi connectivity index (χ3v) is 4.84. The Morgan fingerprint density at radius 2 is 1.83 bits per heavy atom. The molecule has 3 rings (SSSR count). The lowest BCUT2D eigenvalue weighted by molar-refractivity contribution is -0.137. The number of nitriles is 1. The fourth-order valence-electron chi connectivity index (χ4n) is 3.44. The minimum atomic E-state index is -4.71. The molecule has 1 aliphatic rings. The molecular weight excluding hydrogens is 386 g/mol. The number of hydrogen-bond acceptors (Lipinski definition) is 3. The molecule has 0 spiro atoms. The van der Waals surface area contributed by atoms with Crippen molar-refractivity contribution in [3.05, 3.63) is 71.1 Å². The highest BCUT2D eigenvalue weighted by Crippen LogP contribution is 2.43. The number of hydrogen-bond donors (Lipinski definition) is 1. The minimum absolute atomic E-state index is 0.0244. The Kier molecular flexibility index (Phi) is 5.29. The predicted octanol–water partition coefficient (Wildman–Crippen LogP) is 5.65. The van der Waals surface area contributed by atoms with E-state index in [0.717, 1.165) is 12.1 Å². The van der Waals surface area contributed by atoms with Crippen molar-refractivity contribution in [2.75, 3.05) is 0 Å². The Balaban J connectivity index is 2.39. The van der Waals surface area contributed by atoms with Crippen LogP contribution in [-0.4, -0.2) is 11.4 Å². The third-order valence-electron chi connectivity index (χ3n) is 4.84. The number of phenolic OH excluding ortho intramolecular Hbond substituents is 1. The Morgan fingerprint density at radius 1 is 1.17 bits per heavy atom. The number of nitrogens with zero attached hydrogens (tertiary/aromatic N) is 1. The first kappa shape index (κ1) is 20.3. The van der Waals surface area contributed by atoms with Gasteiger partial charge in [-0.05, 0) is 59.0 Å². The number of aldehydes is 1. The van der Waals surface area contributed by atoms with Gasteiger partial charge in [0.2, 0.25) is 0 Å². The summed E-state index contributed by atoms with van der Waals surface area (Å²) in [6.45, 7) is 1.61. The monoisotopic (exact) mass is 401 g/mol. The first-order valence-electron chi connectivity index (χ1n) is 8.65. The standard InChI is InChI=1S/C22H15F4NO2/c1-12-6-16(23)9-19(20(12)11-28)21-14(10-27)7-15(22(24,25)26)8-18(21)13-2-4-17(29)5-3-13/h2-9,11-12,20,29H,1H3. The zero-order valence-corrected chi connectivity index (χ0v) is 15.2. The molecule has 0 amide bonds. The van der Waals surface area contributed by atoms with Crippen molar-refractivity contribution in [3.63, 3.8) is 0 Å². The lowest BCUT2D eigenvalue weighted by atomic mass is 9.76. The summed E-state index contributed by atoms with van der Waals surface area (Å²) in [6, 6.07) is 8.69. The van der Waals surface area contributed by atoms with E-state index in [1.54, 1.807) is 13.0 Å². The van der Waals surface area contributed by atoms with Crippen molar-refractivity contribution >= 4 is 11.9 Å². The number of allylic oxidation sites excluding steroid dienone is 4. The van der Waals surface area contributed by atoms with Crippen molar-refractivity contribution in [3.8, 4) is 22.9 Å². The van der Waals surface area contributed by atoms with Crippen molar-refractivity contribution < 1.29 is 27.5 Å².